The number of likely N-dealkylation sites (N-methyl/N-ethyl adjacent to an activating group) is 2. The van der Waals surface area contributed by atoms with Gasteiger partial charge in [-0.2, -0.15) is 0 Å². The molecule has 7 atom stereocenters. The van der Waals surface area contributed by atoms with Gasteiger partial charge < -0.3 is 29.1 Å². The summed E-state index contributed by atoms with van der Waals surface area (Å²) in [6.07, 6.45) is -1.01. The zero-order chi connectivity index (χ0) is 12.3. The van der Waals surface area contributed by atoms with Crippen molar-refractivity contribution in [2.24, 2.45) is 0 Å². The first kappa shape index (κ1) is 11.8. The van der Waals surface area contributed by atoms with Gasteiger partial charge in [-0.1, -0.05) is 0 Å². The van der Waals surface area contributed by atoms with Crippen molar-refractivity contribution in [3.05, 3.63) is 0 Å². The molecule has 0 aromatic carbocycles. The van der Waals surface area contributed by atoms with Gasteiger partial charge in [-0.25, -0.2) is 0 Å². The third-order valence-corrected chi connectivity index (χ3v) is 4.02. The van der Waals surface area contributed by atoms with Crippen LogP contribution in [-0.2, 0) is 14.2 Å². The molecule has 3 heterocycles. The maximum absolute atomic E-state index is 10.3. The number of hydrogen-bond donors (Lipinski definition) is 1. The standard InChI is InChI=1S/C11H20N2O4/c1-12(2)5-8-6(13(3)4)10-7(14)9(5)16-11(15-8)17-10/h5-11,14H,1-4H3/t5-,6-,7?,8?,9-,10+,11?/m0/s1. The van der Waals surface area contributed by atoms with E-state index in [-0.39, 0.29) is 30.4 Å². The second kappa shape index (κ2) is 3.88. The summed E-state index contributed by atoms with van der Waals surface area (Å²) < 4.78 is 16.9. The number of rotatable bonds is 2. The Hall–Kier alpha value is -0.240. The minimum atomic E-state index is -0.606. The van der Waals surface area contributed by atoms with Crippen LogP contribution in [0.2, 0.25) is 0 Å². The largest absolute Gasteiger partial charge is 0.388 e. The van der Waals surface area contributed by atoms with E-state index in [1.54, 1.807) is 0 Å². The Morgan fingerprint density at radius 1 is 0.765 bits per heavy atom. The molecule has 1 aliphatic carbocycles. The molecule has 17 heavy (non-hydrogen) atoms. The molecule has 4 fully saturated rings. The van der Waals surface area contributed by atoms with Crippen molar-refractivity contribution in [1.29, 1.82) is 0 Å². The molecule has 1 N–H and O–H groups in total. The van der Waals surface area contributed by atoms with E-state index in [4.69, 9.17) is 14.2 Å². The van der Waals surface area contributed by atoms with Crippen LogP contribution in [0, 0.1) is 0 Å². The Morgan fingerprint density at radius 2 is 1.18 bits per heavy atom. The predicted octanol–water partition coefficient (Wildman–Crippen LogP) is -1.31. The molecule has 0 amide bonds. The summed E-state index contributed by atoms with van der Waals surface area (Å²) in [5, 5.41) is 10.3. The fourth-order valence-corrected chi connectivity index (χ4v) is 3.31. The number of aliphatic hydroxyl groups is 1. The summed E-state index contributed by atoms with van der Waals surface area (Å²) in [5.41, 5.74) is 0. The quantitative estimate of drug-likeness (QED) is 0.651. The van der Waals surface area contributed by atoms with E-state index >= 15 is 0 Å². The van der Waals surface area contributed by atoms with Crippen molar-refractivity contribution >= 4 is 0 Å². The Balaban J connectivity index is 1.95. The first-order chi connectivity index (χ1) is 8.00. The van der Waals surface area contributed by atoms with Crippen molar-refractivity contribution in [2.45, 2.75) is 43.0 Å². The maximum atomic E-state index is 10.3. The number of nitrogens with zero attached hydrogens (tertiary/aromatic N) is 2. The monoisotopic (exact) mass is 244 g/mol. The molecule has 1 saturated carbocycles. The average Bonchev–Trinajstić information content (AvgIpc) is 2.23. The fraction of sp³-hybridized carbons (Fsp3) is 1.00. The van der Waals surface area contributed by atoms with Crippen molar-refractivity contribution in [2.75, 3.05) is 28.2 Å². The molecule has 4 bridgehead atoms. The summed E-state index contributed by atoms with van der Waals surface area (Å²) >= 11 is 0. The van der Waals surface area contributed by atoms with Gasteiger partial charge in [0, 0.05) is 0 Å². The van der Waals surface area contributed by atoms with Gasteiger partial charge in [-0.3, -0.25) is 0 Å². The molecule has 0 radical (unpaired) electrons. The van der Waals surface area contributed by atoms with E-state index in [0.717, 1.165) is 0 Å². The van der Waals surface area contributed by atoms with E-state index in [1.165, 1.54) is 0 Å². The molecule has 6 nitrogen and oxygen atoms in total. The minimum absolute atomic E-state index is 0.0194. The van der Waals surface area contributed by atoms with Gasteiger partial charge in [-0.15, -0.1) is 0 Å². The van der Waals surface area contributed by atoms with Gasteiger partial charge in [0.1, 0.15) is 18.3 Å². The zero-order valence-electron chi connectivity index (χ0n) is 10.6. The highest BCUT2D eigenvalue weighted by atomic mass is 16.9. The van der Waals surface area contributed by atoms with E-state index in [0.29, 0.717) is 0 Å². The van der Waals surface area contributed by atoms with E-state index < -0.39 is 12.6 Å². The molecule has 3 aliphatic heterocycles. The third kappa shape index (κ3) is 1.56. The van der Waals surface area contributed by atoms with Crippen LogP contribution in [0.3, 0.4) is 0 Å². The Bertz CT molecular complexity index is 286. The Morgan fingerprint density at radius 3 is 1.59 bits per heavy atom. The van der Waals surface area contributed by atoms with Gasteiger partial charge in [0.25, 0.3) is 6.48 Å². The maximum Gasteiger partial charge on any atom is 0.272 e. The summed E-state index contributed by atoms with van der Waals surface area (Å²) in [6, 6.07) is 0.127. The number of hydrogen-bond acceptors (Lipinski definition) is 6. The lowest BCUT2D eigenvalue weighted by Crippen LogP contribution is -2.79. The van der Waals surface area contributed by atoms with Crippen LogP contribution in [0.25, 0.3) is 0 Å². The Labute approximate surface area is 101 Å². The molecule has 3 saturated heterocycles. The van der Waals surface area contributed by atoms with Crippen LogP contribution in [-0.4, -0.2) is 86.1 Å². The first-order valence-corrected chi connectivity index (χ1v) is 5.98. The third-order valence-electron chi connectivity index (χ3n) is 4.02. The molecule has 0 aromatic rings. The predicted molar refractivity (Wildman–Crippen MR) is 59.4 cm³/mol. The lowest BCUT2D eigenvalue weighted by atomic mass is 9.78. The molecule has 4 aliphatic rings. The molecule has 6 heteroatoms. The van der Waals surface area contributed by atoms with Crippen LogP contribution in [0.15, 0.2) is 0 Å². The average molecular weight is 244 g/mol. The highest BCUT2D eigenvalue weighted by molar-refractivity contribution is 5.10. The van der Waals surface area contributed by atoms with E-state index in [2.05, 4.69) is 9.80 Å². The molecular formula is C11H20N2O4. The SMILES string of the molecule is CN(C)[C@H]1C2OC3O[C@@H]1C(O)[C@H](O3)[C@H]2N(C)C. The lowest BCUT2D eigenvalue weighted by Gasteiger charge is -2.61. The van der Waals surface area contributed by atoms with Crippen LogP contribution in [0.1, 0.15) is 0 Å². The molecule has 0 spiro atoms. The summed E-state index contributed by atoms with van der Waals surface area (Å²) in [4.78, 5) is 4.12. The van der Waals surface area contributed by atoms with Crippen molar-refractivity contribution in [3.63, 3.8) is 0 Å². The summed E-state index contributed by atoms with van der Waals surface area (Å²) in [5.74, 6) is 0. The van der Waals surface area contributed by atoms with Crippen molar-refractivity contribution in [1.82, 2.24) is 9.80 Å². The number of aliphatic hydroxyl groups excluding tert-OH is 1. The van der Waals surface area contributed by atoms with Gasteiger partial charge in [0.2, 0.25) is 0 Å². The van der Waals surface area contributed by atoms with Crippen LogP contribution < -0.4 is 0 Å². The normalized spacial score (nSPS) is 52.8. The van der Waals surface area contributed by atoms with Crippen LogP contribution >= 0.6 is 0 Å². The molecular weight excluding hydrogens is 224 g/mol. The minimum Gasteiger partial charge on any atom is -0.388 e. The topological polar surface area (TPSA) is 54.4 Å². The van der Waals surface area contributed by atoms with Gasteiger partial charge in [-0.05, 0) is 28.2 Å². The van der Waals surface area contributed by atoms with Crippen LogP contribution in [0.5, 0.6) is 0 Å². The van der Waals surface area contributed by atoms with Crippen molar-refractivity contribution < 1.29 is 19.3 Å². The van der Waals surface area contributed by atoms with Gasteiger partial charge in [0.05, 0.1) is 18.2 Å². The fourth-order valence-electron chi connectivity index (χ4n) is 3.31. The van der Waals surface area contributed by atoms with Crippen molar-refractivity contribution in [3.8, 4) is 0 Å². The Kier molecular flexibility index (Phi) is 2.70. The van der Waals surface area contributed by atoms with Crippen LogP contribution in [0.4, 0.5) is 0 Å². The first-order valence-electron chi connectivity index (χ1n) is 5.98. The zero-order valence-corrected chi connectivity index (χ0v) is 10.6. The van der Waals surface area contributed by atoms with E-state index in [9.17, 15) is 5.11 Å². The lowest BCUT2D eigenvalue weighted by molar-refractivity contribution is -0.466. The highest BCUT2D eigenvalue weighted by Crippen LogP contribution is 2.42. The number of ether oxygens (including phenoxy) is 3. The second-order valence-electron chi connectivity index (χ2n) is 5.49. The van der Waals surface area contributed by atoms with Gasteiger partial charge >= 0.3 is 0 Å². The highest BCUT2D eigenvalue weighted by Gasteiger charge is 2.62. The smallest absolute Gasteiger partial charge is 0.272 e. The summed E-state index contributed by atoms with van der Waals surface area (Å²) in [7, 11) is 7.94. The molecule has 0 aromatic heterocycles. The molecule has 98 valence electrons. The van der Waals surface area contributed by atoms with Gasteiger partial charge in [0.15, 0.2) is 0 Å². The molecule has 4 rings (SSSR count). The second-order valence-corrected chi connectivity index (χ2v) is 5.49. The molecule has 3 unspecified atom stereocenters. The summed E-state index contributed by atoms with van der Waals surface area (Å²) in [6.45, 7) is -0.606. The van der Waals surface area contributed by atoms with E-state index in [1.807, 2.05) is 28.2 Å².